The molecule has 1 fully saturated rings. The Morgan fingerprint density at radius 1 is 1.18 bits per heavy atom. The molecule has 0 saturated carbocycles. The van der Waals surface area contributed by atoms with Crippen LogP contribution in [0.15, 0.2) is 48.5 Å². The molecular weight excluding hydrogens is 465 g/mol. The molecule has 9 heteroatoms. The fraction of sp³-hybridized carbons (Fsp3) is 0.292. The van der Waals surface area contributed by atoms with Crippen molar-refractivity contribution in [3.8, 4) is 5.75 Å². The zero-order chi connectivity index (χ0) is 23.4. The Kier molecular flexibility index (Phi) is 7.25. The van der Waals surface area contributed by atoms with Crippen LogP contribution in [0.2, 0.25) is 5.02 Å². The Bertz CT molecular complexity index is 1140. The van der Waals surface area contributed by atoms with E-state index in [1.54, 1.807) is 48.2 Å². The summed E-state index contributed by atoms with van der Waals surface area (Å²) in [7, 11) is 0. The van der Waals surface area contributed by atoms with E-state index in [0.717, 1.165) is 0 Å². The molecule has 0 aliphatic carbocycles. The Balaban J connectivity index is 1.29. The zero-order valence-electron chi connectivity index (χ0n) is 18.0. The minimum atomic E-state index is -0.519. The topological polar surface area (TPSA) is 71.5 Å². The Hall–Kier alpha value is -2.97. The molecular formula is C24H23ClFN3O3S. The SMILES string of the molecule is Cc1nc(COc2ccc(Cl)cc2)sc1C(=O)NC1CCN(C(=O)c2ccccc2F)CC1. The first-order valence-electron chi connectivity index (χ1n) is 10.6. The molecule has 0 radical (unpaired) electrons. The van der Waals surface area contributed by atoms with Gasteiger partial charge >= 0.3 is 0 Å². The maximum Gasteiger partial charge on any atom is 0.263 e. The standard InChI is InChI=1S/C24H23ClFN3O3S/c1-15-22(33-21(27-15)14-32-18-8-6-16(25)7-9-18)23(30)28-17-10-12-29(13-11-17)24(31)19-4-2-3-5-20(19)26/h2-9,17H,10-14H2,1H3,(H,28,30). The van der Waals surface area contributed by atoms with Gasteiger partial charge in [0.2, 0.25) is 0 Å². The van der Waals surface area contributed by atoms with E-state index in [9.17, 15) is 14.0 Å². The van der Waals surface area contributed by atoms with Crippen molar-refractivity contribution in [1.29, 1.82) is 0 Å². The molecule has 1 N–H and O–H groups in total. The van der Waals surface area contributed by atoms with E-state index in [1.807, 2.05) is 0 Å². The predicted octanol–water partition coefficient (Wildman–Crippen LogP) is 4.86. The fourth-order valence-electron chi connectivity index (χ4n) is 3.68. The lowest BCUT2D eigenvalue weighted by Crippen LogP contribution is -2.46. The number of amides is 2. The van der Waals surface area contributed by atoms with Gasteiger partial charge in [-0.3, -0.25) is 9.59 Å². The van der Waals surface area contributed by atoms with Gasteiger partial charge in [0, 0.05) is 24.2 Å². The molecule has 0 spiro atoms. The van der Waals surface area contributed by atoms with Gasteiger partial charge in [-0.05, 0) is 56.2 Å². The summed E-state index contributed by atoms with van der Waals surface area (Å²) >= 11 is 7.18. The van der Waals surface area contributed by atoms with Gasteiger partial charge in [0.15, 0.2) is 0 Å². The molecule has 3 aromatic rings. The first-order valence-corrected chi connectivity index (χ1v) is 11.8. The quantitative estimate of drug-likeness (QED) is 0.539. The Labute approximate surface area is 200 Å². The van der Waals surface area contributed by atoms with Gasteiger partial charge in [-0.25, -0.2) is 9.37 Å². The first kappa shape index (κ1) is 23.2. The average molecular weight is 488 g/mol. The summed E-state index contributed by atoms with van der Waals surface area (Å²) in [5.74, 6) is -0.340. The summed E-state index contributed by atoms with van der Waals surface area (Å²) in [5, 5.41) is 4.38. The minimum absolute atomic E-state index is 0.0579. The predicted molar refractivity (Wildman–Crippen MR) is 125 cm³/mol. The summed E-state index contributed by atoms with van der Waals surface area (Å²) in [6.07, 6.45) is 1.21. The summed E-state index contributed by atoms with van der Waals surface area (Å²) in [6.45, 7) is 2.98. The molecule has 2 heterocycles. The second-order valence-electron chi connectivity index (χ2n) is 7.78. The number of nitrogens with zero attached hydrogens (tertiary/aromatic N) is 2. The second-order valence-corrected chi connectivity index (χ2v) is 9.30. The molecule has 172 valence electrons. The lowest BCUT2D eigenvalue weighted by atomic mass is 10.0. The third-order valence-corrected chi connectivity index (χ3v) is 6.83. The molecule has 4 rings (SSSR count). The monoisotopic (exact) mass is 487 g/mol. The number of ether oxygens (including phenoxy) is 1. The molecule has 0 bridgehead atoms. The van der Waals surface area contributed by atoms with Gasteiger partial charge in [-0.1, -0.05) is 23.7 Å². The number of halogens is 2. The van der Waals surface area contributed by atoms with Crippen molar-refractivity contribution < 1.29 is 18.7 Å². The lowest BCUT2D eigenvalue weighted by molar-refractivity contribution is 0.0694. The van der Waals surface area contributed by atoms with Gasteiger partial charge in [-0.2, -0.15) is 0 Å². The molecule has 1 aromatic heterocycles. The first-order chi connectivity index (χ1) is 15.9. The number of benzene rings is 2. The van der Waals surface area contributed by atoms with E-state index in [-0.39, 0.29) is 30.0 Å². The van der Waals surface area contributed by atoms with Crippen LogP contribution in [0.1, 0.15) is 43.6 Å². The number of carbonyl (C=O) groups is 2. The number of rotatable bonds is 6. The van der Waals surface area contributed by atoms with Gasteiger partial charge in [-0.15, -0.1) is 11.3 Å². The van der Waals surface area contributed by atoms with Crippen molar-refractivity contribution in [2.45, 2.75) is 32.4 Å². The summed E-state index contributed by atoms with van der Waals surface area (Å²) in [6, 6.07) is 13.0. The van der Waals surface area contributed by atoms with Crippen molar-refractivity contribution in [2.24, 2.45) is 0 Å². The minimum Gasteiger partial charge on any atom is -0.486 e. The lowest BCUT2D eigenvalue weighted by Gasteiger charge is -2.32. The van der Waals surface area contributed by atoms with Crippen molar-refractivity contribution >= 4 is 34.8 Å². The number of likely N-dealkylation sites (tertiary alicyclic amines) is 1. The number of hydrogen-bond donors (Lipinski definition) is 1. The highest BCUT2D eigenvalue weighted by Gasteiger charge is 2.27. The van der Waals surface area contributed by atoms with E-state index < -0.39 is 5.82 Å². The summed E-state index contributed by atoms with van der Waals surface area (Å²) < 4.78 is 19.6. The number of aryl methyl sites for hydroxylation is 1. The summed E-state index contributed by atoms with van der Waals surface area (Å²) in [4.78, 5) is 32.0. The molecule has 1 saturated heterocycles. The molecule has 0 unspecified atom stereocenters. The third-order valence-electron chi connectivity index (χ3n) is 5.44. The van der Waals surface area contributed by atoms with E-state index >= 15 is 0 Å². The van der Waals surface area contributed by atoms with Crippen LogP contribution in [0, 0.1) is 12.7 Å². The van der Waals surface area contributed by atoms with Crippen LogP contribution >= 0.6 is 22.9 Å². The highest BCUT2D eigenvalue weighted by molar-refractivity contribution is 7.13. The highest BCUT2D eigenvalue weighted by Crippen LogP contribution is 2.23. The Morgan fingerprint density at radius 2 is 1.88 bits per heavy atom. The van der Waals surface area contributed by atoms with Crippen LogP contribution in [0.4, 0.5) is 4.39 Å². The molecule has 1 aliphatic heterocycles. The van der Waals surface area contributed by atoms with Crippen molar-refractivity contribution in [3.05, 3.63) is 80.5 Å². The van der Waals surface area contributed by atoms with E-state index in [2.05, 4.69) is 10.3 Å². The van der Waals surface area contributed by atoms with Crippen LogP contribution in [0.25, 0.3) is 0 Å². The van der Waals surface area contributed by atoms with Crippen LogP contribution in [-0.2, 0) is 6.61 Å². The molecule has 1 aliphatic rings. The number of nitrogens with one attached hydrogen (secondary N) is 1. The van der Waals surface area contributed by atoms with E-state index in [1.165, 1.54) is 23.5 Å². The average Bonchev–Trinajstić information content (AvgIpc) is 3.20. The zero-order valence-corrected chi connectivity index (χ0v) is 19.6. The summed E-state index contributed by atoms with van der Waals surface area (Å²) in [5.41, 5.74) is 0.730. The maximum atomic E-state index is 13.9. The van der Waals surface area contributed by atoms with Crippen LogP contribution in [-0.4, -0.2) is 40.8 Å². The Morgan fingerprint density at radius 3 is 2.58 bits per heavy atom. The highest BCUT2D eigenvalue weighted by atomic mass is 35.5. The van der Waals surface area contributed by atoms with E-state index in [0.29, 0.717) is 52.3 Å². The number of piperidine rings is 1. The van der Waals surface area contributed by atoms with Crippen LogP contribution in [0.3, 0.4) is 0 Å². The largest absolute Gasteiger partial charge is 0.486 e. The maximum absolute atomic E-state index is 13.9. The van der Waals surface area contributed by atoms with Crippen molar-refractivity contribution in [3.63, 3.8) is 0 Å². The fourth-order valence-corrected chi connectivity index (χ4v) is 4.69. The molecule has 0 atom stereocenters. The van der Waals surface area contributed by atoms with Crippen molar-refractivity contribution in [2.75, 3.05) is 13.1 Å². The van der Waals surface area contributed by atoms with Gasteiger partial charge in [0.25, 0.3) is 11.8 Å². The molecule has 2 aromatic carbocycles. The number of hydrogen-bond acceptors (Lipinski definition) is 5. The van der Waals surface area contributed by atoms with Gasteiger partial charge < -0.3 is 15.0 Å². The molecule has 33 heavy (non-hydrogen) atoms. The van der Waals surface area contributed by atoms with Gasteiger partial charge in [0.1, 0.15) is 28.1 Å². The number of aromatic nitrogens is 1. The van der Waals surface area contributed by atoms with Crippen LogP contribution in [0.5, 0.6) is 5.75 Å². The number of thiazole rings is 1. The van der Waals surface area contributed by atoms with E-state index in [4.69, 9.17) is 16.3 Å². The molecule has 6 nitrogen and oxygen atoms in total. The number of carbonyl (C=O) groups excluding carboxylic acids is 2. The smallest absolute Gasteiger partial charge is 0.263 e. The van der Waals surface area contributed by atoms with Crippen LogP contribution < -0.4 is 10.1 Å². The second kappa shape index (κ2) is 10.3. The van der Waals surface area contributed by atoms with Gasteiger partial charge in [0.05, 0.1) is 11.3 Å². The third kappa shape index (κ3) is 5.69. The molecule has 2 amide bonds. The van der Waals surface area contributed by atoms with Crippen molar-refractivity contribution in [1.82, 2.24) is 15.2 Å². The normalized spacial score (nSPS) is 14.2.